The molecule has 2 heterocycles. The van der Waals surface area contributed by atoms with Gasteiger partial charge in [-0.2, -0.15) is 0 Å². The van der Waals surface area contributed by atoms with Gasteiger partial charge in [0.25, 0.3) is 5.91 Å². The van der Waals surface area contributed by atoms with Crippen LogP contribution in [0.3, 0.4) is 0 Å². The maximum atomic E-state index is 13.0. The van der Waals surface area contributed by atoms with Crippen LogP contribution in [0, 0.1) is 6.92 Å². The lowest BCUT2D eigenvalue weighted by Crippen LogP contribution is -2.48. The maximum Gasteiger partial charge on any atom is 0.256 e. The van der Waals surface area contributed by atoms with Gasteiger partial charge in [-0.3, -0.25) is 14.7 Å². The minimum Gasteiger partial charge on any atom is -0.336 e. The van der Waals surface area contributed by atoms with Crippen LogP contribution in [0.4, 0.5) is 0 Å². The Morgan fingerprint density at radius 3 is 2.54 bits per heavy atom. The number of hydrogen-bond acceptors (Lipinski definition) is 3. The quantitative estimate of drug-likeness (QED) is 0.729. The summed E-state index contributed by atoms with van der Waals surface area (Å²) in [6, 6.07) is 18.2. The van der Waals surface area contributed by atoms with Gasteiger partial charge in [-0.15, -0.1) is 0 Å². The molecule has 4 heteroatoms. The predicted octanol–water partition coefficient (Wildman–Crippen LogP) is 3.50. The van der Waals surface area contributed by atoms with Crippen molar-refractivity contribution in [2.75, 3.05) is 26.2 Å². The highest BCUT2D eigenvalue weighted by atomic mass is 16.2. The van der Waals surface area contributed by atoms with Gasteiger partial charge < -0.3 is 4.90 Å². The Hall–Kier alpha value is -2.72. The standard InChI is InChI=1S/C22H23N3O/c1-17-6-2-3-7-19(17)16-24-12-14-25(15-13-24)22(26)20-10-4-8-18-9-5-11-23-21(18)20/h2-11H,12-16H2,1H3. The van der Waals surface area contributed by atoms with E-state index in [4.69, 9.17) is 0 Å². The van der Waals surface area contributed by atoms with Crippen LogP contribution in [0.2, 0.25) is 0 Å². The van der Waals surface area contributed by atoms with E-state index in [9.17, 15) is 4.79 Å². The smallest absolute Gasteiger partial charge is 0.256 e. The molecule has 1 fully saturated rings. The minimum atomic E-state index is 0.0878. The molecule has 0 saturated carbocycles. The highest BCUT2D eigenvalue weighted by Crippen LogP contribution is 2.19. The number of benzene rings is 2. The van der Waals surface area contributed by atoms with Gasteiger partial charge in [-0.25, -0.2) is 0 Å². The van der Waals surface area contributed by atoms with E-state index in [1.807, 2.05) is 35.2 Å². The van der Waals surface area contributed by atoms with E-state index in [0.717, 1.165) is 43.6 Å². The van der Waals surface area contributed by atoms with E-state index in [2.05, 4.69) is 41.1 Å². The number of carbonyl (C=O) groups excluding carboxylic acids is 1. The van der Waals surface area contributed by atoms with Crippen molar-refractivity contribution in [2.24, 2.45) is 0 Å². The highest BCUT2D eigenvalue weighted by Gasteiger charge is 2.23. The summed E-state index contributed by atoms with van der Waals surface area (Å²) in [7, 11) is 0. The Morgan fingerprint density at radius 2 is 1.73 bits per heavy atom. The van der Waals surface area contributed by atoms with Crippen LogP contribution < -0.4 is 0 Å². The van der Waals surface area contributed by atoms with Crippen molar-refractivity contribution in [3.05, 3.63) is 77.5 Å². The molecule has 0 N–H and O–H groups in total. The van der Waals surface area contributed by atoms with Gasteiger partial charge >= 0.3 is 0 Å². The summed E-state index contributed by atoms with van der Waals surface area (Å²) < 4.78 is 0. The van der Waals surface area contributed by atoms with Crippen LogP contribution in [-0.2, 0) is 6.54 Å². The molecule has 0 aliphatic carbocycles. The summed E-state index contributed by atoms with van der Waals surface area (Å²) >= 11 is 0. The van der Waals surface area contributed by atoms with E-state index in [1.165, 1.54) is 11.1 Å². The third-order valence-corrected chi connectivity index (χ3v) is 5.18. The van der Waals surface area contributed by atoms with Gasteiger partial charge in [0.1, 0.15) is 0 Å². The van der Waals surface area contributed by atoms with Crippen LogP contribution in [0.25, 0.3) is 10.9 Å². The molecule has 1 saturated heterocycles. The monoisotopic (exact) mass is 345 g/mol. The van der Waals surface area contributed by atoms with E-state index >= 15 is 0 Å². The molecule has 3 aromatic rings. The van der Waals surface area contributed by atoms with Gasteiger partial charge in [-0.05, 0) is 30.2 Å². The van der Waals surface area contributed by atoms with Gasteiger partial charge in [0, 0.05) is 44.3 Å². The number of fused-ring (bicyclic) bond motifs is 1. The Kier molecular flexibility index (Phi) is 4.67. The number of pyridine rings is 1. The number of carbonyl (C=O) groups is 1. The van der Waals surface area contributed by atoms with E-state index in [-0.39, 0.29) is 5.91 Å². The molecule has 0 radical (unpaired) electrons. The Balaban J connectivity index is 1.44. The number of piperazine rings is 1. The molecule has 1 amide bonds. The van der Waals surface area contributed by atoms with Crippen molar-refractivity contribution in [1.29, 1.82) is 0 Å². The molecular formula is C22H23N3O. The third kappa shape index (κ3) is 3.33. The predicted molar refractivity (Wildman–Crippen MR) is 104 cm³/mol. The number of hydrogen-bond donors (Lipinski definition) is 0. The molecule has 1 aliphatic heterocycles. The molecule has 1 aromatic heterocycles. The second kappa shape index (κ2) is 7.26. The molecule has 132 valence electrons. The molecule has 4 nitrogen and oxygen atoms in total. The summed E-state index contributed by atoms with van der Waals surface area (Å²) in [6.07, 6.45) is 1.75. The largest absolute Gasteiger partial charge is 0.336 e. The maximum absolute atomic E-state index is 13.0. The van der Waals surface area contributed by atoms with Crippen LogP contribution in [0.5, 0.6) is 0 Å². The Bertz CT molecular complexity index is 924. The number of aryl methyl sites for hydroxylation is 1. The average molecular weight is 345 g/mol. The van der Waals surface area contributed by atoms with E-state index < -0.39 is 0 Å². The lowest BCUT2D eigenvalue weighted by atomic mass is 10.1. The summed E-state index contributed by atoms with van der Waals surface area (Å²) in [6.45, 7) is 6.42. The third-order valence-electron chi connectivity index (χ3n) is 5.18. The second-order valence-corrected chi connectivity index (χ2v) is 6.88. The molecule has 26 heavy (non-hydrogen) atoms. The Morgan fingerprint density at radius 1 is 0.962 bits per heavy atom. The number of rotatable bonds is 3. The fourth-order valence-corrected chi connectivity index (χ4v) is 3.58. The lowest BCUT2D eigenvalue weighted by molar-refractivity contribution is 0.0630. The second-order valence-electron chi connectivity index (χ2n) is 6.88. The summed E-state index contributed by atoms with van der Waals surface area (Å²) in [5.74, 6) is 0.0878. The first-order chi connectivity index (χ1) is 12.7. The van der Waals surface area contributed by atoms with Crippen molar-refractivity contribution in [3.63, 3.8) is 0 Å². The molecule has 4 rings (SSSR count). The minimum absolute atomic E-state index is 0.0878. The molecule has 0 spiro atoms. The van der Waals surface area contributed by atoms with Gasteiger partial charge in [-0.1, -0.05) is 42.5 Å². The first kappa shape index (κ1) is 16.7. The van der Waals surface area contributed by atoms with E-state index in [1.54, 1.807) is 6.20 Å². The fraction of sp³-hybridized carbons (Fsp3) is 0.273. The van der Waals surface area contributed by atoms with Crippen molar-refractivity contribution in [3.8, 4) is 0 Å². The van der Waals surface area contributed by atoms with Crippen molar-refractivity contribution in [1.82, 2.24) is 14.8 Å². The Labute approximate surface area is 154 Å². The normalized spacial score (nSPS) is 15.3. The van der Waals surface area contributed by atoms with Crippen molar-refractivity contribution in [2.45, 2.75) is 13.5 Å². The zero-order valence-electron chi connectivity index (χ0n) is 15.1. The number of nitrogens with zero attached hydrogens (tertiary/aromatic N) is 3. The van der Waals surface area contributed by atoms with E-state index in [0.29, 0.717) is 5.56 Å². The SMILES string of the molecule is Cc1ccccc1CN1CCN(C(=O)c2cccc3cccnc23)CC1. The number of aromatic nitrogens is 1. The van der Waals surface area contributed by atoms with Crippen LogP contribution in [0.1, 0.15) is 21.5 Å². The molecule has 0 unspecified atom stereocenters. The average Bonchev–Trinajstić information content (AvgIpc) is 2.69. The zero-order valence-corrected chi connectivity index (χ0v) is 15.1. The zero-order chi connectivity index (χ0) is 17.9. The summed E-state index contributed by atoms with van der Waals surface area (Å²) in [5, 5.41) is 1.01. The summed E-state index contributed by atoms with van der Waals surface area (Å²) in [5.41, 5.74) is 4.19. The number of amides is 1. The van der Waals surface area contributed by atoms with Gasteiger partial charge in [0.05, 0.1) is 11.1 Å². The van der Waals surface area contributed by atoms with Crippen LogP contribution in [0.15, 0.2) is 60.8 Å². The van der Waals surface area contributed by atoms with Crippen molar-refractivity contribution < 1.29 is 4.79 Å². The fourth-order valence-electron chi connectivity index (χ4n) is 3.58. The molecule has 0 atom stereocenters. The number of para-hydroxylation sites is 1. The van der Waals surface area contributed by atoms with Gasteiger partial charge in [0.15, 0.2) is 0 Å². The first-order valence-corrected chi connectivity index (χ1v) is 9.12. The topological polar surface area (TPSA) is 36.4 Å². The van der Waals surface area contributed by atoms with Crippen molar-refractivity contribution >= 4 is 16.8 Å². The molecular weight excluding hydrogens is 322 g/mol. The summed E-state index contributed by atoms with van der Waals surface area (Å²) in [4.78, 5) is 21.8. The lowest BCUT2D eigenvalue weighted by Gasteiger charge is -2.35. The highest BCUT2D eigenvalue weighted by molar-refractivity contribution is 6.05. The van der Waals surface area contributed by atoms with Crippen LogP contribution in [-0.4, -0.2) is 46.9 Å². The van der Waals surface area contributed by atoms with Crippen LogP contribution >= 0.6 is 0 Å². The molecule has 0 bridgehead atoms. The first-order valence-electron chi connectivity index (χ1n) is 9.12. The molecule has 2 aromatic carbocycles. The van der Waals surface area contributed by atoms with Gasteiger partial charge in [0.2, 0.25) is 0 Å². The molecule has 1 aliphatic rings.